The molecule has 1 saturated heterocycles. The number of hydrogen-bond acceptors (Lipinski definition) is 3. The van der Waals surface area contributed by atoms with Gasteiger partial charge in [0.2, 0.25) is 5.91 Å². The number of halogens is 1. The Morgan fingerprint density at radius 2 is 2.32 bits per heavy atom. The predicted octanol–water partition coefficient (Wildman–Crippen LogP) is 2.05. The number of ether oxygens (including phenoxy) is 1. The number of nitrogens with two attached hydrogens (primary N) is 1. The van der Waals surface area contributed by atoms with Gasteiger partial charge in [-0.1, -0.05) is 6.07 Å². The number of rotatable bonds is 6. The zero-order valence-corrected chi connectivity index (χ0v) is 15.1. The first-order chi connectivity index (χ1) is 10.2. The Balaban J connectivity index is 0.00000242. The molecule has 0 aromatic heterocycles. The van der Waals surface area contributed by atoms with Crippen LogP contribution in [0.5, 0.6) is 5.75 Å². The number of aliphatic imine (C=N–C) groups is 1. The van der Waals surface area contributed by atoms with Gasteiger partial charge < -0.3 is 20.7 Å². The van der Waals surface area contributed by atoms with Crippen LogP contribution in [0.15, 0.2) is 29.3 Å². The number of guanidine groups is 1. The van der Waals surface area contributed by atoms with E-state index in [0.29, 0.717) is 18.9 Å². The van der Waals surface area contributed by atoms with Crippen molar-refractivity contribution in [1.29, 1.82) is 0 Å². The largest absolute Gasteiger partial charge is 0.497 e. The van der Waals surface area contributed by atoms with Crippen LogP contribution in [-0.4, -0.2) is 43.5 Å². The van der Waals surface area contributed by atoms with E-state index >= 15 is 0 Å². The highest BCUT2D eigenvalue weighted by Crippen LogP contribution is 2.16. The first kappa shape index (κ1) is 18.5. The summed E-state index contributed by atoms with van der Waals surface area (Å²) >= 11 is 0. The van der Waals surface area contributed by atoms with E-state index in [0.717, 1.165) is 37.4 Å². The number of benzene rings is 1. The fourth-order valence-corrected chi connectivity index (χ4v) is 2.29. The van der Waals surface area contributed by atoms with Gasteiger partial charge >= 0.3 is 0 Å². The second kappa shape index (κ2) is 9.50. The Kier molecular flexibility index (Phi) is 8.00. The van der Waals surface area contributed by atoms with Crippen LogP contribution < -0.4 is 15.8 Å². The van der Waals surface area contributed by atoms with Crippen molar-refractivity contribution in [3.05, 3.63) is 24.3 Å². The third-order valence-electron chi connectivity index (χ3n) is 3.38. The van der Waals surface area contributed by atoms with E-state index in [9.17, 15) is 4.79 Å². The van der Waals surface area contributed by atoms with Gasteiger partial charge in [-0.3, -0.25) is 9.79 Å². The lowest BCUT2D eigenvalue weighted by Gasteiger charge is -2.14. The second-order valence-corrected chi connectivity index (χ2v) is 4.96. The molecule has 7 heteroatoms. The summed E-state index contributed by atoms with van der Waals surface area (Å²) in [4.78, 5) is 17.6. The Hall–Kier alpha value is -1.51. The summed E-state index contributed by atoms with van der Waals surface area (Å²) in [5, 5.41) is 3.02. The highest BCUT2D eigenvalue weighted by molar-refractivity contribution is 14.0. The van der Waals surface area contributed by atoms with E-state index in [2.05, 4.69) is 10.3 Å². The maximum atomic E-state index is 11.4. The van der Waals surface area contributed by atoms with Crippen LogP contribution in [0.2, 0.25) is 0 Å². The highest BCUT2D eigenvalue weighted by Gasteiger charge is 2.18. The SMILES string of the molecule is COc1cccc(NC(N)=NCCCN2CCCC2=O)c1.I. The minimum absolute atomic E-state index is 0. The minimum atomic E-state index is 0. The van der Waals surface area contributed by atoms with Crippen LogP contribution in [-0.2, 0) is 4.79 Å². The minimum Gasteiger partial charge on any atom is -0.497 e. The van der Waals surface area contributed by atoms with Crippen molar-refractivity contribution in [1.82, 2.24) is 4.90 Å². The zero-order chi connectivity index (χ0) is 15.1. The molecule has 1 aromatic carbocycles. The first-order valence-electron chi connectivity index (χ1n) is 7.18. The molecule has 0 unspecified atom stereocenters. The van der Waals surface area contributed by atoms with E-state index in [1.807, 2.05) is 29.2 Å². The molecule has 2 rings (SSSR count). The highest BCUT2D eigenvalue weighted by atomic mass is 127. The van der Waals surface area contributed by atoms with Crippen LogP contribution in [0.4, 0.5) is 5.69 Å². The maximum absolute atomic E-state index is 11.4. The summed E-state index contributed by atoms with van der Waals surface area (Å²) in [6.45, 7) is 2.24. The van der Waals surface area contributed by atoms with Crippen LogP contribution in [0.25, 0.3) is 0 Å². The Labute approximate surface area is 148 Å². The molecule has 0 atom stereocenters. The van der Waals surface area contributed by atoms with Gasteiger partial charge in [-0.15, -0.1) is 24.0 Å². The Morgan fingerprint density at radius 1 is 1.50 bits per heavy atom. The van der Waals surface area contributed by atoms with Gasteiger partial charge in [-0.05, 0) is 25.0 Å². The molecule has 0 aliphatic carbocycles. The monoisotopic (exact) mass is 418 g/mol. The third-order valence-corrected chi connectivity index (χ3v) is 3.38. The predicted molar refractivity (Wildman–Crippen MR) is 99.0 cm³/mol. The number of likely N-dealkylation sites (tertiary alicyclic amines) is 1. The standard InChI is InChI=1S/C15H22N4O2.HI/c1-21-13-6-2-5-12(11-13)18-15(16)17-8-4-10-19-9-3-7-14(19)20;/h2,5-6,11H,3-4,7-10H2,1H3,(H3,16,17,18);1H. The Bertz CT molecular complexity index is 522. The molecule has 1 aromatic rings. The average Bonchev–Trinajstić information content (AvgIpc) is 2.89. The molecule has 0 radical (unpaired) electrons. The van der Waals surface area contributed by atoms with Crippen molar-refractivity contribution in [3.63, 3.8) is 0 Å². The van der Waals surface area contributed by atoms with E-state index in [1.54, 1.807) is 7.11 Å². The number of anilines is 1. The molecule has 1 amide bonds. The molecule has 1 fully saturated rings. The molecule has 22 heavy (non-hydrogen) atoms. The molecule has 1 aliphatic rings. The van der Waals surface area contributed by atoms with Crippen molar-refractivity contribution in [2.75, 3.05) is 32.1 Å². The number of nitrogens with zero attached hydrogens (tertiary/aromatic N) is 2. The van der Waals surface area contributed by atoms with E-state index < -0.39 is 0 Å². The summed E-state index contributed by atoms with van der Waals surface area (Å²) in [6, 6.07) is 7.50. The molecule has 0 spiro atoms. The molecular formula is C15H23IN4O2. The van der Waals surface area contributed by atoms with Gasteiger partial charge in [0.25, 0.3) is 0 Å². The van der Waals surface area contributed by atoms with Crippen molar-refractivity contribution < 1.29 is 9.53 Å². The van der Waals surface area contributed by atoms with Crippen LogP contribution >= 0.6 is 24.0 Å². The zero-order valence-electron chi connectivity index (χ0n) is 12.7. The first-order valence-corrected chi connectivity index (χ1v) is 7.18. The summed E-state index contributed by atoms with van der Waals surface area (Å²) in [7, 11) is 1.62. The molecule has 6 nitrogen and oxygen atoms in total. The lowest BCUT2D eigenvalue weighted by molar-refractivity contribution is -0.127. The maximum Gasteiger partial charge on any atom is 0.222 e. The quantitative estimate of drug-likeness (QED) is 0.321. The van der Waals surface area contributed by atoms with Gasteiger partial charge in [0.1, 0.15) is 5.75 Å². The number of methoxy groups -OCH3 is 1. The van der Waals surface area contributed by atoms with Gasteiger partial charge in [0.15, 0.2) is 5.96 Å². The van der Waals surface area contributed by atoms with Crippen molar-refractivity contribution in [2.24, 2.45) is 10.7 Å². The summed E-state index contributed by atoms with van der Waals surface area (Å²) < 4.78 is 5.14. The van der Waals surface area contributed by atoms with E-state index in [-0.39, 0.29) is 29.9 Å². The number of carbonyl (C=O) groups is 1. The van der Waals surface area contributed by atoms with E-state index in [1.165, 1.54) is 0 Å². The van der Waals surface area contributed by atoms with Gasteiger partial charge in [0, 0.05) is 37.8 Å². The van der Waals surface area contributed by atoms with Crippen LogP contribution in [0, 0.1) is 0 Å². The fourth-order valence-electron chi connectivity index (χ4n) is 2.29. The van der Waals surface area contributed by atoms with Crippen molar-refractivity contribution in [2.45, 2.75) is 19.3 Å². The second-order valence-electron chi connectivity index (χ2n) is 4.96. The van der Waals surface area contributed by atoms with Crippen LogP contribution in [0.1, 0.15) is 19.3 Å². The number of carbonyl (C=O) groups excluding carboxylic acids is 1. The molecule has 122 valence electrons. The number of nitrogens with one attached hydrogen (secondary N) is 1. The molecule has 1 aliphatic heterocycles. The van der Waals surface area contributed by atoms with Crippen molar-refractivity contribution >= 4 is 41.5 Å². The summed E-state index contributed by atoms with van der Waals surface area (Å²) in [5.41, 5.74) is 6.67. The summed E-state index contributed by atoms with van der Waals surface area (Å²) in [5.74, 6) is 1.39. The lowest BCUT2D eigenvalue weighted by atomic mass is 10.3. The topological polar surface area (TPSA) is 80.0 Å². The molecule has 0 saturated carbocycles. The number of hydrogen-bond donors (Lipinski definition) is 2. The molecule has 0 bridgehead atoms. The van der Waals surface area contributed by atoms with E-state index in [4.69, 9.17) is 10.5 Å². The fraction of sp³-hybridized carbons (Fsp3) is 0.467. The smallest absolute Gasteiger partial charge is 0.222 e. The molecular weight excluding hydrogens is 395 g/mol. The Morgan fingerprint density at radius 3 is 3.00 bits per heavy atom. The van der Waals surface area contributed by atoms with Gasteiger partial charge in [-0.2, -0.15) is 0 Å². The van der Waals surface area contributed by atoms with Crippen LogP contribution in [0.3, 0.4) is 0 Å². The number of amides is 1. The third kappa shape index (κ3) is 5.70. The van der Waals surface area contributed by atoms with Gasteiger partial charge in [-0.25, -0.2) is 0 Å². The molecule has 1 heterocycles. The lowest BCUT2D eigenvalue weighted by Crippen LogP contribution is -2.27. The normalized spacial score (nSPS) is 14.7. The van der Waals surface area contributed by atoms with Gasteiger partial charge in [0.05, 0.1) is 7.11 Å². The average molecular weight is 418 g/mol. The molecule has 3 N–H and O–H groups in total. The van der Waals surface area contributed by atoms with Crippen molar-refractivity contribution in [3.8, 4) is 5.75 Å². The summed E-state index contributed by atoms with van der Waals surface area (Å²) in [6.07, 6.45) is 2.48.